The van der Waals surface area contributed by atoms with Crippen molar-refractivity contribution in [3.63, 3.8) is 0 Å². The monoisotopic (exact) mass is 332 g/mol. The van der Waals surface area contributed by atoms with Crippen molar-refractivity contribution in [2.75, 3.05) is 26.7 Å². The molecule has 5 heteroatoms. The highest BCUT2D eigenvalue weighted by atomic mass is 32.1. The van der Waals surface area contributed by atoms with Crippen LogP contribution in [0.2, 0.25) is 0 Å². The summed E-state index contributed by atoms with van der Waals surface area (Å²) < 4.78 is 2.01. The molecule has 23 heavy (non-hydrogen) atoms. The predicted molar refractivity (Wildman–Crippen MR) is 96.6 cm³/mol. The minimum Gasteiger partial charge on any atom is -0.301 e. The molecule has 1 saturated heterocycles. The number of hydrogen-bond donors (Lipinski definition) is 0. The summed E-state index contributed by atoms with van der Waals surface area (Å²) in [5, 5.41) is 6.60. The number of hydrogen-bond acceptors (Lipinski definition) is 4. The fourth-order valence-corrected chi connectivity index (χ4v) is 4.21. The van der Waals surface area contributed by atoms with E-state index in [9.17, 15) is 0 Å². The Morgan fingerprint density at radius 2 is 2.13 bits per heavy atom. The van der Waals surface area contributed by atoms with Gasteiger partial charge in [0, 0.05) is 36.9 Å². The highest BCUT2D eigenvalue weighted by Gasteiger charge is 2.11. The van der Waals surface area contributed by atoms with Crippen LogP contribution in [0, 0.1) is 0 Å². The summed E-state index contributed by atoms with van der Waals surface area (Å²) in [4.78, 5) is 6.50. The first-order chi connectivity index (χ1) is 11.3. The van der Waals surface area contributed by atoms with Gasteiger partial charge in [0.1, 0.15) is 0 Å². The molecule has 0 aliphatic carbocycles. The van der Waals surface area contributed by atoms with Crippen molar-refractivity contribution < 1.29 is 0 Å². The average molecular weight is 333 g/mol. The molecule has 0 spiro atoms. The maximum absolute atomic E-state index is 4.25. The summed E-state index contributed by atoms with van der Waals surface area (Å²) in [5.41, 5.74) is 1.50. The van der Waals surface area contributed by atoms with Crippen LogP contribution in [0.4, 0.5) is 0 Å². The summed E-state index contributed by atoms with van der Waals surface area (Å²) in [6.45, 7) is 6.86. The molecule has 0 amide bonds. The van der Waals surface area contributed by atoms with E-state index in [1.54, 1.807) is 0 Å². The number of nitrogens with zero attached hydrogens (tertiary/aromatic N) is 4. The molecule has 1 fully saturated rings. The second kappa shape index (κ2) is 8.62. The van der Waals surface area contributed by atoms with Crippen LogP contribution in [0.3, 0.4) is 0 Å². The number of likely N-dealkylation sites (tertiary alicyclic amines) is 1. The maximum atomic E-state index is 4.25. The number of aryl methyl sites for hydroxylation is 1. The summed E-state index contributed by atoms with van der Waals surface area (Å²) in [5.74, 6) is 0. The molecule has 0 unspecified atom stereocenters. The molecule has 3 heterocycles. The Hall–Kier alpha value is -1.17. The molecule has 2 aromatic rings. The molecule has 0 atom stereocenters. The summed E-state index contributed by atoms with van der Waals surface area (Å²) in [6, 6.07) is 4.39. The zero-order valence-corrected chi connectivity index (χ0v) is 15.0. The van der Waals surface area contributed by atoms with Crippen LogP contribution in [-0.4, -0.2) is 46.3 Å². The first-order valence-corrected chi connectivity index (χ1v) is 9.62. The fraction of sp³-hybridized carbons (Fsp3) is 0.611. The van der Waals surface area contributed by atoms with Crippen molar-refractivity contribution in [3.8, 4) is 0 Å². The topological polar surface area (TPSA) is 24.3 Å². The van der Waals surface area contributed by atoms with E-state index in [2.05, 4.69) is 33.4 Å². The minimum absolute atomic E-state index is 1.00. The zero-order chi connectivity index (χ0) is 15.9. The molecule has 126 valence electrons. The lowest BCUT2D eigenvalue weighted by atomic mass is 10.1. The van der Waals surface area contributed by atoms with Crippen LogP contribution >= 0.6 is 11.3 Å². The predicted octanol–water partition coefficient (Wildman–Crippen LogP) is 3.45. The third-order valence-electron chi connectivity index (χ3n) is 4.47. The van der Waals surface area contributed by atoms with Crippen LogP contribution in [-0.2, 0) is 19.6 Å². The molecule has 0 N–H and O–H groups in total. The standard InChI is InChI=1S/C18H28N4S/c1-20(8-6-12-22-11-5-7-19-22)15-18-13-17(16-23-18)14-21-9-3-2-4-10-21/h5,7,11,13,16H,2-4,6,8-10,12,14-15H2,1H3. The van der Waals surface area contributed by atoms with Gasteiger partial charge in [-0.25, -0.2) is 0 Å². The molecular weight excluding hydrogens is 304 g/mol. The summed E-state index contributed by atoms with van der Waals surface area (Å²) in [7, 11) is 2.22. The van der Waals surface area contributed by atoms with Gasteiger partial charge in [-0.1, -0.05) is 6.42 Å². The molecule has 0 bridgehead atoms. The molecule has 1 aliphatic rings. The molecule has 3 rings (SSSR count). The van der Waals surface area contributed by atoms with Crippen LogP contribution in [0.1, 0.15) is 36.1 Å². The van der Waals surface area contributed by atoms with Crippen molar-refractivity contribution in [2.45, 2.75) is 45.3 Å². The molecule has 1 aliphatic heterocycles. The average Bonchev–Trinajstić information content (AvgIpc) is 3.21. The molecule has 0 saturated carbocycles. The Morgan fingerprint density at radius 1 is 1.26 bits per heavy atom. The van der Waals surface area contributed by atoms with Crippen LogP contribution in [0.15, 0.2) is 29.9 Å². The number of piperidine rings is 1. The molecule has 4 nitrogen and oxygen atoms in total. The van der Waals surface area contributed by atoms with Crippen molar-refractivity contribution in [1.82, 2.24) is 19.6 Å². The minimum atomic E-state index is 1.00. The zero-order valence-electron chi connectivity index (χ0n) is 14.2. The number of thiophene rings is 1. The Kier molecular flexibility index (Phi) is 6.25. The van der Waals surface area contributed by atoms with E-state index < -0.39 is 0 Å². The largest absolute Gasteiger partial charge is 0.301 e. The summed E-state index contributed by atoms with van der Waals surface area (Å²) >= 11 is 1.91. The van der Waals surface area contributed by atoms with Crippen molar-refractivity contribution in [3.05, 3.63) is 40.3 Å². The maximum Gasteiger partial charge on any atom is 0.0489 e. The van der Waals surface area contributed by atoms with Gasteiger partial charge < -0.3 is 4.90 Å². The van der Waals surface area contributed by atoms with Gasteiger partial charge in [0.15, 0.2) is 0 Å². The van der Waals surface area contributed by atoms with Gasteiger partial charge >= 0.3 is 0 Å². The van der Waals surface area contributed by atoms with Gasteiger partial charge in [0.2, 0.25) is 0 Å². The molecule has 2 aromatic heterocycles. The SMILES string of the molecule is CN(CCCn1cccn1)Cc1cc(CN2CCCCC2)cs1. The molecular formula is C18H28N4S. The van der Waals surface area contributed by atoms with Crippen LogP contribution in [0.5, 0.6) is 0 Å². The first-order valence-electron chi connectivity index (χ1n) is 8.74. The third-order valence-corrected chi connectivity index (χ3v) is 5.45. The van der Waals surface area contributed by atoms with Gasteiger partial charge in [-0.15, -0.1) is 11.3 Å². The lowest BCUT2D eigenvalue weighted by Gasteiger charge is -2.25. The highest BCUT2D eigenvalue weighted by Crippen LogP contribution is 2.20. The Morgan fingerprint density at radius 3 is 2.91 bits per heavy atom. The second-order valence-electron chi connectivity index (χ2n) is 6.62. The van der Waals surface area contributed by atoms with Crippen molar-refractivity contribution >= 4 is 11.3 Å². The van der Waals surface area contributed by atoms with Gasteiger partial charge in [-0.05, 0) is 69.0 Å². The second-order valence-corrected chi connectivity index (χ2v) is 7.61. The highest BCUT2D eigenvalue weighted by molar-refractivity contribution is 7.10. The van der Waals surface area contributed by atoms with E-state index in [4.69, 9.17) is 0 Å². The van der Waals surface area contributed by atoms with E-state index in [-0.39, 0.29) is 0 Å². The van der Waals surface area contributed by atoms with Gasteiger partial charge in [-0.3, -0.25) is 9.58 Å². The normalized spacial score (nSPS) is 16.3. The van der Waals surface area contributed by atoms with E-state index in [0.717, 1.165) is 32.6 Å². The van der Waals surface area contributed by atoms with Gasteiger partial charge in [0.25, 0.3) is 0 Å². The van der Waals surface area contributed by atoms with E-state index in [0.29, 0.717) is 0 Å². The van der Waals surface area contributed by atoms with Crippen molar-refractivity contribution in [1.29, 1.82) is 0 Å². The third kappa shape index (κ3) is 5.44. The van der Waals surface area contributed by atoms with Gasteiger partial charge in [0.05, 0.1) is 0 Å². The van der Waals surface area contributed by atoms with E-state index >= 15 is 0 Å². The Labute approximate surface area is 143 Å². The fourth-order valence-electron chi connectivity index (χ4n) is 3.25. The summed E-state index contributed by atoms with van der Waals surface area (Å²) in [6.07, 6.45) is 9.18. The number of aromatic nitrogens is 2. The Bertz CT molecular complexity index is 557. The van der Waals surface area contributed by atoms with Crippen LogP contribution < -0.4 is 0 Å². The quantitative estimate of drug-likeness (QED) is 0.740. The molecule has 0 aromatic carbocycles. The van der Waals surface area contributed by atoms with Crippen LogP contribution in [0.25, 0.3) is 0 Å². The lowest BCUT2D eigenvalue weighted by molar-refractivity contribution is 0.221. The Balaban J connectivity index is 1.39. The van der Waals surface area contributed by atoms with Gasteiger partial charge in [-0.2, -0.15) is 5.10 Å². The van der Waals surface area contributed by atoms with E-state index in [1.165, 1.54) is 42.8 Å². The van der Waals surface area contributed by atoms with Crippen molar-refractivity contribution in [2.24, 2.45) is 0 Å². The molecule has 0 radical (unpaired) electrons. The first kappa shape index (κ1) is 16.7. The van der Waals surface area contributed by atoms with E-state index in [1.807, 2.05) is 34.5 Å². The lowest BCUT2D eigenvalue weighted by Crippen LogP contribution is -2.28. The number of rotatable bonds is 8. The smallest absolute Gasteiger partial charge is 0.0489 e.